The summed E-state index contributed by atoms with van der Waals surface area (Å²) in [6, 6.07) is 21.0. The van der Waals surface area contributed by atoms with Crippen LogP contribution in [0, 0.1) is 5.92 Å². The highest BCUT2D eigenvalue weighted by atomic mass is 16.5. The molecule has 248 valence electrons. The Kier molecular flexibility index (Phi) is 11.7. The molecule has 1 fully saturated rings. The first kappa shape index (κ1) is 33.7. The summed E-state index contributed by atoms with van der Waals surface area (Å²) in [5, 5.41) is 2.81. The number of likely N-dealkylation sites (tertiary alicyclic amines) is 1. The molecule has 3 aromatic carbocycles. The molecule has 1 N–H and O–H groups in total. The van der Waals surface area contributed by atoms with Crippen LogP contribution in [0.2, 0.25) is 0 Å². The van der Waals surface area contributed by atoms with Gasteiger partial charge in [0.15, 0.2) is 11.5 Å². The van der Waals surface area contributed by atoms with Crippen molar-refractivity contribution >= 4 is 29.3 Å². The van der Waals surface area contributed by atoms with Gasteiger partial charge in [-0.25, -0.2) is 4.79 Å². The van der Waals surface area contributed by atoms with Gasteiger partial charge in [0.2, 0.25) is 5.91 Å². The maximum absolute atomic E-state index is 13.1. The van der Waals surface area contributed by atoms with E-state index in [0.717, 1.165) is 55.6 Å². The lowest BCUT2D eigenvalue weighted by Crippen LogP contribution is -2.33. The van der Waals surface area contributed by atoms with E-state index in [2.05, 4.69) is 34.5 Å². The van der Waals surface area contributed by atoms with Crippen LogP contribution in [0.4, 0.5) is 5.69 Å². The number of nitrogens with one attached hydrogen (secondary N) is 1. The number of hydrogen-bond acceptors (Lipinski definition) is 8. The molecule has 9 nitrogen and oxygen atoms in total. The Hall–Kier alpha value is -4.63. The van der Waals surface area contributed by atoms with E-state index < -0.39 is 5.97 Å². The molecular formula is C38H44N2O7. The van der Waals surface area contributed by atoms with Crippen molar-refractivity contribution in [2.24, 2.45) is 5.92 Å². The molecular weight excluding hydrogens is 596 g/mol. The molecule has 9 heteroatoms. The molecule has 0 atom stereocenters. The molecule has 5 rings (SSSR count). The van der Waals surface area contributed by atoms with E-state index >= 15 is 0 Å². The van der Waals surface area contributed by atoms with E-state index in [1.807, 2.05) is 18.2 Å². The summed E-state index contributed by atoms with van der Waals surface area (Å²) in [7, 11) is 3.21. The third-order valence-electron chi connectivity index (χ3n) is 8.75. The Bertz CT molecular complexity index is 1580. The minimum atomic E-state index is -0.408. The maximum atomic E-state index is 13.1. The molecule has 0 radical (unpaired) electrons. The zero-order valence-corrected chi connectivity index (χ0v) is 27.5. The highest BCUT2D eigenvalue weighted by Gasteiger charge is 2.30. The second-order valence-corrected chi connectivity index (χ2v) is 12.1. The summed E-state index contributed by atoms with van der Waals surface area (Å²) in [5.41, 5.74) is 5.35. The lowest BCUT2D eigenvalue weighted by Gasteiger charge is -2.32. The summed E-state index contributed by atoms with van der Waals surface area (Å²) in [5.74, 6) is 1.35. The SMILES string of the molecule is CCOC(=O)c1ccc(NC(=O)CCCC(=O)OC2=C(CC3CCN(Cc4ccccc4)CC3)Cc3cc(OC)c(OC)cc32)cc1. The van der Waals surface area contributed by atoms with Crippen LogP contribution in [0.15, 0.2) is 72.3 Å². The number of amides is 1. The number of hydrogen-bond donors (Lipinski definition) is 1. The molecule has 0 aromatic heterocycles. The average Bonchev–Trinajstić information content (AvgIpc) is 3.40. The zero-order chi connectivity index (χ0) is 33.2. The molecule has 0 unspecified atom stereocenters. The molecule has 1 aliphatic carbocycles. The Morgan fingerprint density at radius 3 is 2.28 bits per heavy atom. The predicted octanol–water partition coefficient (Wildman–Crippen LogP) is 6.80. The minimum absolute atomic E-state index is 0.104. The highest BCUT2D eigenvalue weighted by Crippen LogP contribution is 2.43. The topological polar surface area (TPSA) is 103 Å². The van der Waals surface area contributed by atoms with Crippen LogP contribution in [0.25, 0.3) is 5.76 Å². The number of nitrogens with zero attached hydrogens (tertiary/aromatic N) is 1. The first-order valence-corrected chi connectivity index (χ1v) is 16.4. The number of carbonyl (C=O) groups is 3. The molecule has 3 aromatic rings. The smallest absolute Gasteiger partial charge is 0.338 e. The average molecular weight is 641 g/mol. The monoisotopic (exact) mass is 640 g/mol. The molecule has 0 bridgehead atoms. The van der Waals surface area contributed by atoms with E-state index in [0.29, 0.717) is 53.9 Å². The summed E-state index contributed by atoms with van der Waals surface area (Å²) < 4.78 is 22.2. The Labute approximate surface area is 276 Å². The number of benzene rings is 3. The largest absolute Gasteiger partial charge is 0.493 e. The second-order valence-electron chi connectivity index (χ2n) is 12.1. The zero-order valence-electron chi connectivity index (χ0n) is 27.5. The molecule has 1 heterocycles. The van der Waals surface area contributed by atoms with Crippen LogP contribution in [0.1, 0.15) is 72.5 Å². The van der Waals surface area contributed by atoms with Crippen LogP contribution >= 0.6 is 0 Å². The van der Waals surface area contributed by atoms with Gasteiger partial charge in [-0.2, -0.15) is 0 Å². The fourth-order valence-electron chi connectivity index (χ4n) is 6.30. The van der Waals surface area contributed by atoms with Gasteiger partial charge in [-0.1, -0.05) is 30.3 Å². The Morgan fingerprint density at radius 1 is 0.894 bits per heavy atom. The van der Waals surface area contributed by atoms with Gasteiger partial charge >= 0.3 is 11.9 Å². The number of piperidine rings is 1. The van der Waals surface area contributed by atoms with Crippen molar-refractivity contribution in [3.8, 4) is 11.5 Å². The van der Waals surface area contributed by atoms with Gasteiger partial charge in [0.1, 0.15) is 5.76 Å². The van der Waals surface area contributed by atoms with Gasteiger partial charge in [0, 0.05) is 30.6 Å². The first-order chi connectivity index (χ1) is 22.9. The highest BCUT2D eigenvalue weighted by molar-refractivity contribution is 5.93. The van der Waals surface area contributed by atoms with Crippen molar-refractivity contribution in [1.29, 1.82) is 0 Å². The molecule has 1 amide bonds. The van der Waals surface area contributed by atoms with E-state index in [4.69, 9.17) is 18.9 Å². The second kappa shape index (κ2) is 16.3. The fourth-order valence-corrected chi connectivity index (χ4v) is 6.30. The van der Waals surface area contributed by atoms with Crippen molar-refractivity contribution in [2.45, 2.75) is 58.4 Å². The molecule has 2 aliphatic rings. The van der Waals surface area contributed by atoms with Gasteiger partial charge in [-0.15, -0.1) is 0 Å². The van der Waals surface area contributed by atoms with Crippen molar-refractivity contribution in [2.75, 3.05) is 39.2 Å². The maximum Gasteiger partial charge on any atom is 0.338 e. The lowest BCUT2D eigenvalue weighted by molar-refractivity contribution is -0.136. The Morgan fingerprint density at radius 2 is 1.60 bits per heavy atom. The number of fused-ring (bicyclic) bond motifs is 1. The van der Waals surface area contributed by atoms with Gasteiger partial charge in [0.05, 0.1) is 26.4 Å². The molecule has 0 saturated carbocycles. The van der Waals surface area contributed by atoms with Gasteiger partial charge in [-0.05, 0) is 111 Å². The molecule has 1 aliphatic heterocycles. The van der Waals surface area contributed by atoms with Crippen LogP contribution in [-0.2, 0) is 32.0 Å². The number of anilines is 1. The number of esters is 2. The van der Waals surface area contributed by atoms with Crippen molar-refractivity contribution in [3.05, 3.63) is 94.6 Å². The van der Waals surface area contributed by atoms with Crippen LogP contribution in [-0.4, -0.2) is 56.7 Å². The van der Waals surface area contributed by atoms with E-state index in [9.17, 15) is 14.4 Å². The van der Waals surface area contributed by atoms with Crippen molar-refractivity contribution in [3.63, 3.8) is 0 Å². The van der Waals surface area contributed by atoms with E-state index in [1.54, 1.807) is 45.4 Å². The summed E-state index contributed by atoms with van der Waals surface area (Å²) in [6.45, 7) is 5.08. The Balaban J connectivity index is 1.18. The number of allylic oxidation sites excluding steroid dienone is 1. The third-order valence-corrected chi connectivity index (χ3v) is 8.75. The number of carbonyl (C=O) groups excluding carboxylic acids is 3. The number of ether oxygens (including phenoxy) is 4. The third kappa shape index (κ3) is 9.01. The predicted molar refractivity (Wildman–Crippen MR) is 180 cm³/mol. The van der Waals surface area contributed by atoms with E-state index in [1.165, 1.54) is 5.56 Å². The van der Waals surface area contributed by atoms with E-state index in [-0.39, 0.29) is 24.7 Å². The standard InChI is InChI=1S/C38H44N2O7/c1-4-46-38(43)28-13-15-31(16-14-28)39-35(41)11-8-12-36(42)47-37-30(22-29-23-33(44-2)34(45-3)24-32(29)37)21-26-17-19-40(20-18-26)25-27-9-6-5-7-10-27/h5-7,9-10,13-16,23-24,26H,4,8,11-12,17-22,25H2,1-3H3,(H,39,41). The summed E-state index contributed by atoms with van der Waals surface area (Å²) in [6.07, 6.45) is 4.32. The lowest BCUT2D eigenvalue weighted by atomic mass is 9.89. The summed E-state index contributed by atoms with van der Waals surface area (Å²) >= 11 is 0. The molecule has 47 heavy (non-hydrogen) atoms. The first-order valence-electron chi connectivity index (χ1n) is 16.4. The van der Waals surface area contributed by atoms with Gasteiger partial charge in [0.25, 0.3) is 0 Å². The minimum Gasteiger partial charge on any atom is -0.493 e. The van der Waals surface area contributed by atoms with Crippen LogP contribution in [0.5, 0.6) is 11.5 Å². The van der Waals surface area contributed by atoms with Gasteiger partial charge in [-0.3, -0.25) is 14.5 Å². The van der Waals surface area contributed by atoms with Gasteiger partial charge < -0.3 is 24.3 Å². The van der Waals surface area contributed by atoms with Crippen molar-refractivity contribution in [1.82, 2.24) is 4.90 Å². The van der Waals surface area contributed by atoms with Crippen LogP contribution in [0.3, 0.4) is 0 Å². The number of methoxy groups -OCH3 is 2. The molecule has 0 spiro atoms. The molecule has 1 saturated heterocycles. The normalized spacial score (nSPS) is 14.8. The quantitative estimate of drug-likeness (QED) is 0.192. The fraction of sp³-hybridized carbons (Fsp3) is 0.395. The van der Waals surface area contributed by atoms with Crippen molar-refractivity contribution < 1.29 is 33.3 Å². The number of rotatable bonds is 14. The van der Waals surface area contributed by atoms with Crippen LogP contribution < -0.4 is 14.8 Å². The summed E-state index contributed by atoms with van der Waals surface area (Å²) in [4.78, 5) is 40.1.